The summed E-state index contributed by atoms with van der Waals surface area (Å²) in [7, 11) is 0. The van der Waals surface area contributed by atoms with Crippen LogP contribution in [-0.2, 0) is 5.41 Å². The Kier molecular flexibility index (Phi) is 10.5. The summed E-state index contributed by atoms with van der Waals surface area (Å²) in [5, 5.41) is 2.02. The molecule has 0 saturated heterocycles. The summed E-state index contributed by atoms with van der Waals surface area (Å²) in [6.45, 7) is 4.76. The minimum Gasteiger partial charge on any atom is -0.310 e. The number of hydrogen-bond donors (Lipinski definition) is 0. The first-order valence-electron chi connectivity index (χ1n) is 24.0. The summed E-state index contributed by atoms with van der Waals surface area (Å²) in [5.41, 5.74) is 20.3. The van der Waals surface area contributed by atoms with Crippen LogP contribution in [0.15, 0.2) is 243 Å². The molecule has 71 heavy (non-hydrogen) atoms. The van der Waals surface area contributed by atoms with E-state index >= 15 is 0 Å². The van der Waals surface area contributed by atoms with E-state index in [9.17, 15) is 0 Å². The van der Waals surface area contributed by atoms with Gasteiger partial charge in [0.25, 0.3) is 0 Å². The summed E-state index contributed by atoms with van der Waals surface area (Å²) in [6.07, 6.45) is 0. The molecule has 2 aromatic heterocycles. The topological polar surface area (TPSA) is 32.3 Å². The van der Waals surface area contributed by atoms with Crippen LogP contribution in [0.3, 0.4) is 0 Å². The van der Waals surface area contributed by atoms with Crippen LogP contribution in [0, 0.1) is 0 Å². The molecule has 0 atom stereocenters. The first-order valence-corrected chi connectivity index (χ1v) is 25.7. The number of rotatable bonds is 10. The van der Waals surface area contributed by atoms with Gasteiger partial charge in [-0.15, -0.1) is 22.7 Å². The number of fused-ring (bicyclic) bond motifs is 5. The van der Waals surface area contributed by atoms with Crippen molar-refractivity contribution in [3.05, 3.63) is 254 Å². The van der Waals surface area contributed by atoms with Crippen molar-refractivity contribution in [1.82, 2.24) is 9.97 Å². The number of benzene rings is 10. The highest BCUT2D eigenvalue weighted by Crippen LogP contribution is 2.53. The highest BCUT2D eigenvalue weighted by atomic mass is 32.1. The standard InChI is InChI=1S/C65H46N4S2/c1-65(2)57-41-53(68(49-25-13-21-45(37-49)43-17-5-3-6-18-43)51-27-15-23-47(39-51)63-66-59-29-9-11-31-61(59)70-63)33-35-55(57)56-36-34-54(42-58(56)65)69(50-26-14-22-46(38-50)44-19-7-4-8-20-44)52-28-16-24-48(40-52)64-67-60-30-10-12-32-62(60)71-64/h3-42H,1-2H3. The second-order valence-corrected chi connectivity index (χ2v) is 20.7. The number of aromatic nitrogens is 2. The monoisotopic (exact) mass is 946 g/mol. The molecule has 0 fully saturated rings. The third-order valence-corrected chi connectivity index (χ3v) is 16.0. The van der Waals surface area contributed by atoms with E-state index in [1.165, 1.54) is 53.9 Å². The molecular formula is C65H46N4S2. The zero-order chi connectivity index (χ0) is 47.5. The Balaban J connectivity index is 0.925. The van der Waals surface area contributed by atoms with Gasteiger partial charge in [0, 0.05) is 50.7 Å². The van der Waals surface area contributed by atoms with E-state index in [0.717, 1.165) is 66.3 Å². The minimum atomic E-state index is -0.322. The first kappa shape index (κ1) is 42.7. The summed E-state index contributed by atoms with van der Waals surface area (Å²) in [5.74, 6) is 0. The smallest absolute Gasteiger partial charge is 0.124 e. The maximum absolute atomic E-state index is 5.07. The molecule has 2 heterocycles. The van der Waals surface area contributed by atoms with Crippen molar-refractivity contribution in [2.45, 2.75) is 19.3 Å². The number of anilines is 6. The van der Waals surface area contributed by atoms with Crippen molar-refractivity contribution >= 4 is 77.2 Å². The molecule has 4 nitrogen and oxygen atoms in total. The second kappa shape index (κ2) is 17.5. The van der Waals surface area contributed by atoms with Crippen LogP contribution in [0.4, 0.5) is 34.1 Å². The molecule has 0 unspecified atom stereocenters. The average molecular weight is 947 g/mol. The van der Waals surface area contributed by atoms with Crippen molar-refractivity contribution in [2.75, 3.05) is 9.80 Å². The van der Waals surface area contributed by atoms with Crippen molar-refractivity contribution in [1.29, 1.82) is 0 Å². The number of para-hydroxylation sites is 2. The van der Waals surface area contributed by atoms with Gasteiger partial charge in [0.2, 0.25) is 0 Å². The Morgan fingerprint density at radius 2 is 0.648 bits per heavy atom. The van der Waals surface area contributed by atoms with E-state index in [0.29, 0.717) is 0 Å². The van der Waals surface area contributed by atoms with E-state index in [1.807, 2.05) is 0 Å². The van der Waals surface area contributed by atoms with E-state index < -0.39 is 0 Å². The molecule has 0 amide bonds. The van der Waals surface area contributed by atoms with Crippen molar-refractivity contribution in [2.24, 2.45) is 0 Å². The first-order chi connectivity index (χ1) is 34.9. The molecule has 0 radical (unpaired) electrons. The van der Waals surface area contributed by atoms with E-state index in [1.54, 1.807) is 22.7 Å². The number of thiazole rings is 2. The fraction of sp³-hybridized carbons (Fsp3) is 0.0462. The van der Waals surface area contributed by atoms with Crippen molar-refractivity contribution in [3.63, 3.8) is 0 Å². The second-order valence-electron chi connectivity index (χ2n) is 18.7. The molecule has 13 rings (SSSR count). The van der Waals surface area contributed by atoms with Gasteiger partial charge in [0.1, 0.15) is 10.0 Å². The normalized spacial score (nSPS) is 12.5. The third kappa shape index (κ3) is 7.78. The predicted molar refractivity (Wildman–Crippen MR) is 301 cm³/mol. The summed E-state index contributed by atoms with van der Waals surface area (Å²) in [4.78, 5) is 15.0. The maximum Gasteiger partial charge on any atom is 0.124 e. The Morgan fingerprint density at radius 1 is 0.310 bits per heavy atom. The van der Waals surface area contributed by atoms with Crippen LogP contribution in [0.5, 0.6) is 0 Å². The zero-order valence-electron chi connectivity index (χ0n) is 39.2. The van der Waals surface area contributed by atoms with E-state index in [-0.39, 0.29) is 5.41 Å². The molecule has 0 spiro atoms. The molecule has 338 valence electrons. The minimum absolute atomic E-state index is 0.322. The van der Waals surface area contributed by atoms with Gasteiger partial charge in [-0.05, 0) is 142 Å². The van der Waals surface area contributed by atoms with E-state index in [4.69, 9.17) is 9.97 Å². The van der Waals surface area contributed by atoms with Gasteiger partial charge in [-0.1, -0.05) is 159 Å². The molecular weight excluding hydrogens is 901 g/mol. The molecule has 0 saturated carbocycles. The van der Waals surface area contributed by atoms with Gasteiger partial charge >= 0.3 is 0 Å². The SMILES string of the molecule is CC1(C)c2cc(N(c3cccc(-c4ccccc4)c3)c3cccc(-c4nc5ccccc5s4)c3)ccc2-c2ccc(N(c3cccc(-c4ccccc4)c3)c3cccc(-c4nc5ccccc5s4)c3)cc21. The van der Waals surface area contributed by atoms with E-state index in [2.05, 4.69) is 266 Å². The van der Waals surface area contributed by atoms with Crippen LogP contribution in [-0.4, -0.2) is 9.97 Å². The van der Waals surface area contributed by atoms with Crippen molar-refractivity contribution < 1.29 is 0 Å². The quantitative estimate of drug-likeness (QED) is 0.137. The summed E-state index contributed by atoms with van der Waals surface area (Å²) >= 11 is 3.47. The molecule has 1 aliphatic carbocycles. The van der Waals surface area contributed by atoms with Gasteiger partial charge in [0.15, 0.2) is 0 Å². The molecule has 12 aromatic rings. The lowest BCUT2D eigenvalue weighted by Gasteiger charge is -2.29. The van der Waals surface area contributed by atoms with Gasteiger partial charge < -0.3 is 9.80 Å². The zero-order valence-corrected chi connectivity index (χ0v) is 40.8. The molecule has 1 aliphatic rings. The fourth-order valence-electron chi connectivity index (χ4n) is 10.3. The van der Waals surface area contributed by atoms with Gasteiger partial charge in [0.05, 0.1) is 20.4 Å². The Bertz CT molecular complexity index is 3620. The molecule has 0 bridgehead atoms. The summed E-state index contributed by atoms with van der Waals surface area (Å²) in [6, 6.07) is 87.7. The van der Waals surface area contributed by atoms with Crippen LogP contribution in [0.2, 0.25) is 0 Å². The fourth-order valence-corrected chi connectivity index (χ4v) is 12.3. The lowest BCUT2D eigenvalue weighted by molar-refractivity contribution is 0.660. The highest BCUT2D eigenvalue weighted by molar-refractivity contribution is 7.22. The molecule has 10 aromatic carbocycles. The lowest BCUT2D eigenvalue weighted by atomic mass is 9.82. The van der Waals surface area contributed by atoms with Crippen LogP contribution in [0.1, 0.15) is 25.0 Å². The third-order valence-electron chi connectivity index (χ3n) is 13.9. The Labute approximate surface area is 422 Å². The highest BCUT2D eigenvalue weighted by Gasteiger charge is 2.37. The Hall–Kier alpha value is -8.42. The predicted octanol–water partition coefficient (Wildman–Crippen LogP) is 18.8. The van der Waals surface area contributed by atoms with Gasteiger partial charge in [-0.25, -0.2) is 9.97 Å². The molecule has 0 aliphatic heterocycles. The number of hydrogen-bond acceptors (Lipinski definition) is 6. The van der Waals surface area contributed by atoms with Crippen LogP contribution >= 0.6 is 22.7 Å². The largest absolute Gasteiger partial charge is 0.310 e. The lowest BCUT2D eigenvalue weighted by Crippen LogP contribution is -2.17. The van der Waals surface area contributed by atoms with Crippen LogP contribution in [0.25, 0.3) is 75.0 Å². The van der Waals surface area contributed by atoms with Crippen LogP contribution < -0.4 is 9.80 Å². The maximum atomic E-state index is 5.07. The Morgan fingerprint density at radius 3 is 1.06 bits per heavy atom. The van der Waals surface area contributed by atoms with Gasteiger partial charge in [-0.3, -0.25) is 0 Å². The molecule has 6 heteroatoms. The van der Waals surface area contributed by atoms with Gasteiger partial charge in [-0.2, -0.15) is 0 Å². The average Bonchev–Trinajstić information content (AvgIpc) is 4.13. The van der Waals surface area contributed by atoms with Crippen molar-refractivity contribution in [3.8, 4) is 54.5 Å². The molecule has 0 N–H and O–H groups in total. The summed E-state index contributed by atoms with van der Waals surface area (Å²) < 4.78 is 2.37. The number of nitrogens with zero attached hydrogens (tertiary/aromatic N) is 4.